The molecule has 0 rings (SSSR count). The van der Waals surface area contributed by atoms with E-state index >= 15 is 0 Å². The molecule has 336 valence electrons. The van der Waals surface area contributed by atoms with E-state index in [0.717, 1.165) is 70.6 Å². The van der Waals surface area contributed by atoms with Crippen molar-refractivity contribution in [2.45, 2.75) is 142 Å². The first kappa shape index (κ1) is 54.4. The number of hydrogen-bond acceptors (Lipinski definition) is 10. The molecule has 0 unspecified atom stereocenters. The van der Waals surface area contributed by atoms with Crippen molar-refractivity contribution in [2.75, 3.05) is 72.5 Å². The van der Waals surface area contributed by atoms with Crippen LogP contribution >= 0.6 is 0 Å². The van der Waals surface area contributed by atoms with Crippen molar-refractivity contribution in [1.29, 1.82) is 0 Å². The molecule has 0 aliphatic rings. The van der Waals surface area contributed by atoms with Crippen molar-refractivity contribution in [3.8, 4) is 0 Å². The predicted octanol–water partition coefficient (Wildman–Crippen LogP) is 4.68. The van der Waals surface area contributed by atoms with Crippen molar-refractivity contribution in [1.82, 2.24) is 21.3 Å². The molecule has 6 N–H and O–H groups in total. The predicted molar refractivity (Wildman–Crippen MR) is 221 cm³/mol. The average Bonchev–Trinajstić information content (AvgIpc) is 3.17. The molecule has 2 atom stereocenters. The van der Waals surface area contributed by atoms with Gasteiger partial charge in [0.1, 0.15) is 19.3 Å². The van der Waals surface area contributed by atoms with Crippen LogP contribution in [0.2, 0.25) is 0 Å². The normalized spacial score (nSPS) is 12.0. The topological polar surface area (TPSA) is 228 Å². The summed E-state index contributed by atoms with van der Waals surface area (Å²) < 4.78 is 21.4. The van der Waals surface area contributed by atoms with Crippen LogP contribution < -0.4 is 21.3 Å². The van der Waals surface area contributed by atoms with Gasteiger partial charge in [0.2, 0.25) is 23.6 Å². The van der Waals surface area contributed by atoms with Gasteiger partial charge in [-0.05, 0) is 44.9 Å². The van der Waals surface area contributed by atoms with Crippen LogP contribution in [0.1, 0.15) is 136 Å². The molecule has 58 heavy (non-hydrogen) atoms. The van der Waals surface area contributed by atoms with Gasteiger partial charge in [-0.25, -0.2) is 4.79 Å². The van der Waals surface area contributed by atoms with E-state index in [4.69, 9.17) is 24.1 Å². The third kappa shape index (κ3) is 37.9. The van der Waals surface area contributed by atoms with Crippen molar-refractivity contribution in [3.05, 3.63) is 12.2 Å². The van der Waals surface area contributed by atoms with Crippen LogP contribution in [-0.4, -0.2) is 124 Å². The Morgan fingerprint density at radius 3 is 1.43 bits per heavy atom. The number of ether oxygens (including phenoxy) is 4. The maximum absolute atomic E-state index is 12.3. The standard InChI is InChI=1S/C42H76N4O12/c1-34(2)35(3)18-16-17-23-43-39(49)32-57-30-29-56-27-25-45-40(50)33-58-31-28-55-26-24-44-37(47)22-21-36(42(53)54)46-38(48)19-14-12-10-8-6-4-5-7-9-11-13-15-20-41(51)52/h35-36H,1,4-33H2,2-3H3,(H,43,49)(H,44,47)(H,45,50)(H,46,48)(H,51,52)(H,53,54)/t35-,36-/m0/s1. The maximum atomic E-state index is 12.3. The quantitative estimate of drug-likeness (QED) is 0.0364. The van der Waals surface area contributed by atoms with Crippen LogP contribution in [0.3, 0.4) is 0 Å². The molecule has 0 aromatic carbocycles. The first-order valence-corrected chi connectivity index (χ1v) is 21.4. The molecule has 0 aromatic rings. The van der Waals surface area contributed by atoms with Crippen molar-refractivity contribution >= 4 is 35.6 Å². The third-order valence-corrected chi connectivity index (χ3v) is 9.41. The summed E-state index contributed by atoms with van der Waals surface area (Å²) in [6, 6.07) is -1.14. The van der Waals surface area contributed by atoms with E-state index in [0.29, 0.717) is 32.0 Å². The Balaban J connectivity index is 3.66. The summed E-state index contributed by atoms with van der Waals surface area (Å²) >= 11 is 0. The Hall–Kier alpha value is -3.60. The fourth-order valence-corrected chi connectivity index (χ4v) is 5.66. The van der Waals surface area contributed by atoms with E-state index in [-0.39, 0.29) is 102 Å². The summed E-state index contributed by atoms with van der Waals surface area (Å²) in [5.74, 6) is -2.56. The first-order chi connectivity index (χ1) is 27.9. The number of carbonyl (C=O) groups excluding carboxylic acids is 4. The molecule has 4 amide bonds. The van der Waals surface area contributed by atoms with E-state index < -0.39 is 18.0 Å². The molecular weight excluding hydrogens is 752 g/mol. The van der Waals surface area contributed by atoms with Crippen molar-refractivity contribution < 1.29 is 57.9 Å². The SMILES string of the molecule is C=C(C)[C@@H](C)CCCCNC(=O)COCCOCCNC(=O)COCCOCCNC(=O)CC[C@H](NC(=O)CCCCCCCCCCCCCCC(=O)O)C(=O)O. The number of allylic oxidation sites excluding steroid dienone is 1. The second-order valence-corrected chi connectivity index (χ2v) is 14.8. The van der Waals surface area contributed by atoms with Gasteiger partial charge in [0, 0.05) is 38.9 Å². The van der Waals surface area contributed by atoms with Gasteiger partial charge in [-0.3, -0.25) is 24.0 Å². The Kier molecular flexibility index (Phi) is 36.5. The largest absolute Gasteiger partial charge is 0.481 e. The molecule has 0 saturated carbocycles. The monoisotopic (exact) mass is 829 g/mol. The number of nitrogens with one attached hydrogen (secondary N) is 4. The first-order valence-electron chi connectivity index (χ1n) is 21.4. The lowest BCUT2D eigenvalue weighted by Gasteiger charge is -2.14. The highest BCUT2D eigenvalue weighted by Gasteiger charge is 2.20. The zero-order valence-corrected chi connectivity index (χ0v) is 35.6. The summed E-state index contributed by atoms with van der Waals surface area (Å²) in [6.45, 7) is 10.6. The van der Waals surface area contributed by atoms with Gasteiger partial charge >= 0.3 is 11.9 Å². The molecule has 0 saturated heterocycles. The summed E-state index contributed by atoms with van der Waals surface area (Å²) in [5.41, 5.74) is 1.18. The number of unbranched alkanes of at least 4 members (excludes halogenated alkanes) is 12. The van der Waals surface area contributed by atoms with E-state index in [1.807, 2.05) is 6.92 Å². The minimum atomic E-state index is -1.18. The summed E-state index contributed by atoms with van der Waals surface area (Å²) in [6.07, 6.45) is 15.8. The smallest absolute Gasteiger partial charge is 0.326 e. The molecule has 0 aliphatic heterocycles. The molecule has 0 aliphatic carbocycles. The molecule has 0 fully saturated rings. The molecule has 16 nitrogen and oxygen atoms in total. The van der Waals surface area contributed by atoms with E-state index in [9.17, 15) is 33.9 Å². The van der Waals surface area contributed by atoms with Gasteiger partial charge in [0.15, 0.2) is 0 Å². The van der Waals surface area contributed by atoms with E-state index in [2.05, 4.69) is 34.8 Å². The number of rotatable bonds is 42. The minimum Gasteiger partial charge on any atom is -0.481 e. The van der Waals surface area contributed by atoms with Crippen LogP contribution in [0, 0.1) is 5.92 Å². The molecule has 0 heterocycles. The highest BCUT2D eigenvalue weighted by Crippen LogP contribution is 2.15. The summed E-state index contributed by atoms with van der Waals surface area (Å²) in [4.78, 5) is 70.3. The zero-order valence-electron chi connectivity index (χ0n) is 35.6. The Morgan fingerprint density at radius 2 is 0.948 bits per heavy atom. The van der Waals surface area contributed by atoms with Crippen LogP contribution in [-0.2, 0) is 47.7 Å². The van der Waals surface area contributed by atoms with Crippen molar-refractivity contribution in [2.24, 2.45) is 5.92 Å². The third-order valence-electron chi connectivity index (χ3n) is 9.41. The second kappa shape index (κ2) is 38.9. The molecule has 0 spiro atoms. The number of hydrogen-bond donors (Lipinski definition) is 6. The van der Waals surface area contributed by atoms with Crippen molar-refractivity contribution in [3.63, 3.8) is 0 Å². The lowest BCUT2D eigenvalue weighted by molar-refractivity contribution is -0.142. The molecule has 0 aromatic heterocycles. The lowest BCUT2D eigenvalue weighted by atomic mass is 9.98. The Morgan fingerprint density at radius 1 is 0.500 bits per heavy atom. The molecule has 0 bridgehead atoms. The fraction of sp³-hybridized carbons (Fsp3) is 0.810. The Labute approximate surface area is 346 Å². The zero-order chi connectivity index (χ0) is 43.1. The molecular formula is C42H76N4O12. The van der Waals surface area contributed by atoms with Gasteiger partial charge in [-0.1, -0.05) is 89.7 Å². The Bertz CT molecular complexity index is 1140. The highest BCUT2D eigenvalue weighted by atomic mass is 16.5. The van der Waals surface area contributed by atoms with Gasteiger partial charge in [0.25, 0.3) is 0 Å². The average molecular weight is 829 g/mol. The highest BCUT2D eigenvalue weighted by molar-refractivity contribution is 5.84. The lowest BCUT2D eigenvalue weighted by Crippen LogP contribution is -2.41. The number of carboxylic acid groups (broad SMARTS) is 2. The summed E-state index contributed by atoms with van der Waals surface area (Å²) in [7, 11) is 0. The summed E-state index contributed by atoms with van der Waals surface area (Å²) in [5, 5.41) is 28.8. The number of amides is 4. The van der Waals surface area contributed by atoms with Gasteiger partial charge in [-0.15, -0.1) is 0 Å². The maximum Gasteiger partial charge on any atom is 0.326 e. The van der Waals surface area contributed by atoms with Gasteiger partial charge in [-0.2, -0.15) is 0 Å². The van der Waals surface area contributed by atoms with Gasteiger partial charge in [0.05, 0.1) is 39.6 Å². The number of carboxylic acids is 2. The van der Waals surface area contributed by atoms with Crippen LogP contribution in [0.15, 0.2) is 12.2 Å². The van der Waals surface area contributed by atoms with E-state index in [1.165, 1.54) is 24.8 Å². The fourth-order valence-electron chi connectivity index (χ4n) is 5.66. The second-order valence-electron chi connectivity index (χ2n) is 14.8. The minimum absolute atomic E-state index is 0.0242. The molecule has 16 heteroatoms. The number of aliphatic carboxylic acids is 2. The van der Waals surface area contributed by atoms with Crippen LogP contribution in [0.5, 0.6) is 0 Å². The van der Waals surface area contributed by atoms with E-state index in [1.54, 1.807) is 0 Å². The number of carbonyl (C=O) groups is 6. The van der Waals surface area contributed by atoms with Crippen LogP contribution in [0.4, 0.5) is 0 Å². The van der Waals surface area contributed by atoms with Crippen LogP contribution in [0.25, 0.3) is 0 Å². The molecule has 0 radical (unpaired) electrons. The van der Waals surface area contributed by atoms with Gasteiger partial charge < -0.3 is 50.4 Å².